The summed E-state index contributed by atoms with van der Waals surface area (Å²) in [5.41, 5.74) is 3.79. The molecule has 2 N–H and O–H groups in total. The molecule has 0 bridgehead atoms. The van der Waals surface area contributed by atoms with E-state index in [2.05, 4.69) is 17.2 Å². The van der Waals surface area contributed by atoms with Crippen LogP contribution < -0.4 is 5.32 Å². The lowest BCUT2D eigenvalue weighted by Crippen LogP contribution is -2.70. The minimum atomic E-state index is -0.644. The maximum atomic E-state index is 13.2. The van der Waals surface area contributed by atoms with Crippen molar-refractivity contribution < 1.29 is 14.4 Å². The molecular formula is C25H26N4O3. The molecule has 32 heavy (non-hydrogen) atoms. The van der Waals surface area contributed by atoms with E-state index in [9.17, 15) is 14.4 Å². The van der Waals surface area contributed by atoms with Gasteiger partial charge in [0.1, 0.15) is 12.1 Å². The zero-order valence-electron chi connectivity index (χ0n) is 18.0. The molecule has 2 aliphatic rings. The van der Waals surface area contributed by atoms with Crippen molar-refractivity contribution in [3.8, 4) is 0 Å². The van der Waals surface area contributed by atoms with Crippen molar-refractivity contribution in [3.63, 3.8) is 0 Å². The smallest absolute Gasteiger partial charge is 0.253 e. The van der Waals surface area contributed by atoms with Crippen molar-refractivity contribution in [2.75, 3.05) is 19.6 Å². The van der Waals surface area contributed by atoms with E-state index in [1.165, 1.54) is 5.56 Å². The summed E-state index contributed by atoms with van der Waals surface area (Å²) < 4.78 is 0. The molecule has 1 aromatic heterocycles. The van der Waals surface area contributed by atoms with Gasteiger partial charge in [0.25, 0.3) is 5.91 Å². The molecular weight excluding hydrogens is 404 g/mol. The monoisotopic (exact) mass is 430 g/mol. The molecule has 3 heterocycles. The molecule has 2 aliphatic heterocycles. The highest BCUT2D eigenvalue weighted by molar-refractivity contribution is 5.99. The van der Waals surface area contributed by atoms with E-state index >= 15 is 0 Å². The quantitative estimate of drug-likeness (QED) is 0.665. The summed E-state index contributed by atoms with van der Waals surface area (Å²) in [7, 11) is 0. The third-order valence-corrected chi connectivity index (χ3v) is 6.58. The van der Waals surface area contributed by atoms with Crippen LogP contribution in [0.1, 0.15) is 28.4 Å². The number of fused-ring (bicyclic) bond motifs is 2. The Morgan fingerprint density at radius 2 is 1.84 bits per heavy atom. The summed E-state index contributed by atoms with van der Waals surface area (Å²) in [6, 6.07) is 14.2. The average molecular weight is 431 g/mol. The fraction of sp³-hybridized carbons (Fsp3) is 0.320. The molecule has 2 atom stereocenters. The van der Waals surface area contributed by atoms with Crippen LogP contribution in [-0.2, 0) is 22.4 Å². The summed E-state index contributed by atoms with van der Waals surface area (Å²) in [5.74, 6) is -0.388. The fourth-order valence-electron chi connectivity index (χ4n) is 4.71. The number of aromatic nitrogens is 1. The van der Waals surface area contributed by atoms with Crippen molar-refractivity contribution in [2.45, 2.75) is 31.8 Å². The topological polar surface area (TPSA) is 85.5 Å². The SMILES string of the molecule is CCc1ccc(C(=O)N2CCN3C(=O)[C@H](Cc4c[nH]c5ccccc45)NC(=O)[C@H]3C2)cc1. The standard InChI is InChI=1S/C25H26N4O3/c1-2-16-7-9-17(10-8-16)24(31)28-11-12-29-22(15-28)23(30)27-21(25(29)32)13-18-14-26-20-6-4-3-5-19(18)20/h3-10,14,21-22,26H,2,11-13,15H2,1H3,(H,27,30)/t21-,22+/m0/s1. The number of aromatic amines is 1. The third kappa shape index (κ3) is 3.53. The predicted octanol–water partition coefficient (Wildman–Crippen LogP) is 2.12. The summed E-state index contributed by atoms with van der Waals surface area (Å²) in [5, 5.41) is 3.96. The second-order valence-electron chi connectivity index (χ2n) is 8.47. The fourth-order valence-corrected chi connectivity index (χ4v) is 4.71. The van der Waals surface area contributed by atoms with Crippen LogP contribution in [0.3, 0.4) is 0 Å². The lowest BCUT2D eigenvalue weighted by Gasteiger charge is -2.45. The Kier molecular flexibility index (Phi) is 5.17. The van der Waals surface area contributed by atoms with Crippen molar-refractivity contribution >= 4 is 28.6 Å². The van der Waals surface area contributed by atoms with Crippen LogP contribution in [0.15, 0.2) is 54.7 Å². The molecule has 5 rings (SSSR count). The van der Waals surface area contributed by atoms with Crippen LogP contribution in [0.4, 0.5) is 0 Å². The highest BCUT2D eigenvalue weighted by atomic mass is 16.2. The van der Waals surface area contributed by atoms with Gasteiger partial charge in [-0.3, -0.25) is 14.4 Å². The molecule has 2 aromatic carbocycles. The molecule has 3 amide bonds. The first kappa shape index (κ1) is 20.3. The molecule has 2 saturated heterocycles. The number of hydrogen-bond acceptors (Lipinski definition) is 3. The summed E-state index contributed by atoms with van der Waals surface area (Å²) in [4.78, 5) is 45.6. The average Bonchev–Trinajstić information content (AvgIpc) is 3.24. The van der Waals surface area contributed by atoms with E-state index in [1.54, 1.807) is 9.80 Å². The Balaban J connectivity index is 1.29. The Morgan fingerprint density at radius 3 is 2.62 bits per heavy atom. The maximum absolute atomic E-state index is 13.2. The highest BCUT2D eigenvalue weighted by Crippen LogP contribution is 2.23. The van der Waals surface area contributed by atoms with Crippen molar-refractivity contribution in [1.29, 1.82) is 0 Å². The second kappa shape index (κ2) is 8.15. The molecule has 2 fully saturated rings. The number of nitrogens with one attached hydrogen (secondary N) is 2. The van der Waals surface area contributed by atoms with Gasteiger partial charge in [0, 0.05) is 42.2 Å². The van der Waals surface area contributed by atoms with Gasteiger partial charge < -0.3 is 20.1 Å². The second-order valence-corrected chi connectivity index (χ2v) is 8.47. The van der Waals surface area contributed by atoms with E-state index in [0.29, 0.717) is 25.1 Å². The number of aryl methyl sites for hydroxylation is 1. The third-order valence-electron chi connectivity index (χ3n) is 6.58. The van der Waals surface area contributed by atoms with E-state index < -0.39 is 12.1 Å². The molecule has 0 spiro atoms. The van der Waals surface area contributed by atoms with E-state index in [4.69, 9.17) is 0 Å². The first-order chi connectivity index (χ1) is 15.5. The van der Waals surface area contributed by atoms with Crippen LogP contribution in [0.2, 0.25) is 0 Å². The Hall–Kier alpha value is -3.61. The lowest BCUT2D eigenvalue weighted by molar-refractivity contribution is -0.152. The number of benzene rings is 2. The Labute approximate surface area is 186 Å². The van der Waals surface area contributed by atoms with Gasteiger partial charge in [-0.05, 0) is 35.7 Å². The maximum Gasteiger partial charge on any atom is 0.253 e. The van der Waals surface area contributed by atoms with Gasteiger partial charge in [-0.2, -0.15) is 0 Å². The first-order valence-electron chi connectivity index (χ1n) is 11.1. The number of hydrogen-bond donors (Lipinski definition) is 2. The van der Waals surface area contributed by atoms with E-state index in [0.717, 1.165) is 22.9 Å². The predicted molar refractivity (Wildman–Crippen MR) is 121 cm³/mol. The first-order valence-corrected chi connectivity index (χ1v) is 11.1. The van der Waals surface area contributed by atoms with Crippen LogP contribution in [-0.4, -0.2) is 64.2 Å². The molecule has 0 unspecified atom stereocenters. The van der Waals surface area contributed by atoms with Crippen LogP contribution in [0, 0.1) is 0 Å². The van der Waals surface area contributed by atoms with Crippen molar-refractivity contribution in [3.05, 3.63) is 71.4 Å². The highest BCUT2D eigenvalue weighted by Gasteiger charge is 2.44. The van der Waals surface area contributed by atoms with Crippen molar-refractivity contribution in [1.82, 2.24) is 20.1 Å². The summed E-state index contributed by atoms with van der Waals surface area (Å²) in [6.07, 6.45) is 3.25. The van der Waals surface area contributed by atoms with Gasteiger partial charge in [-0.25, -0.2) is 0 Å². The van der Waals surface area contributed by atoms with Gasteiger partial charge in [-0.1, -0.05) is 37.3 Å². The van der Waals surface area contributed by atoms with Crippen LogP contribution >= 0.6 is 0 Å². The summed E-state index contributed by atoms with van der Waals surface area (Å²) in [6.45, 7) is 3.07. The van der Waals surface area contributed by atoms with E-state index in [1.807, 2.05) is 54.7 Å². The Morgan fingerprint density at radius 1 is 1.06 bits per heavy atom. The number of para-hydroxylation sites is 1. The number of rotatable bonds is 4. The molecule has 0 saturated carbocycles. The largest absolute Gasteiger partial charge is 0.361 e. The molecule has 0 radical (unpaired) electrons. The normalized spacial score (nSPS) is 20.9. The molecule has 164 valence electrons. The number of H-pyrrole nitrogens is 1. The Bertz CT molecular complexity index is 1180. The molecule has 7 nitrogen and oxygen atoms in total. The number of carbonyl (C=O) groups is 3. The molecule has 3 aromatic rings. The molecule has 7 heteroatoms. The van der Waals surface area contributed by atoms with Gasteiger partial charge in [-0.15, -0.1) is 0 Å². The van der Waals surface area contributed by atoms with Crippen molar-refractivity contribution in [2.24, 2.45) is 0 Å². The number of piperazine rings is 2. The zero-order valence-corrected chi connectivity index (χ0v) is 18.0. The van der Waals surface area contributed by atoms with Gasteiger partial charge in [0.05, 0.1) is 6.54 Å². The number of nitrogens with zero attached hydrogens (tertiary/aromatic N) is 2. The minimum absolute atomic E-state index is 0.0840. The minimum Gasteiger partial charge on any atom is -0.361 e. The lowest BCUT2D eigenvalue weighted by atomic mass is 9.98. The number of carbonyl (C=O) groups excluding carboxylic acids is 3. The number of amides is 3. The summed E-state index contributed by atoms with van der Waals surface area (Å²) >= 11 is 0. The van der Waals surface area contributed by atoms with Crippen LogP contribution in [0.5, 0.6) is 0 Å². The molecule has 0 aliphatic carbocycles. The zero-order chi connectivity index (χ0) is 22.2. The van der Waals surface area contributed by atoms with Crippen LogP contribution in [0.25, 0.3) is 10.9 Å². The van der Waals surface area contributed by atoms with E-state index in [-0.39, 0.29) is 24.3 Å². The van der Waals surface area contributed by atoms with Gasteiger partial charge in [0.2, 0.25) is 11.8 Å². The van der Waals surface area contributed by atoms with Gasteiger partial charge >= 0.3 is 0 Å². The van der Waals surface area contributed by atoms with Gasteiger partial charge in [0.15, 0.2) is 0 Å².